The number of methoxy groups -OCH3 is 2. The molecule has 4 aromatic rings. The molecular weight excluding hydrogens is 466 g/mol. The number of rotatable bonds is 8. The van der Waals surface area contributed by atoms with Gasteiger partial charge >= 0.3 is 0 Å². The summed E-state index contributed by atoms with van der Waals surface area (Å²) in [6.07, 6.45) is 0. The van der Waals surface area contributed by atoms with E-state index in [0.29, 0.717) is 21.9 Å². The summed E-state index contributed by atoms with van der Waals surface area (Å²) in [7, 11) is -1.16. The van der Waals surface area contributed by atoms with Gasteiger partial charge in [-0.25, -0.2) is 8.42 Å². The third-order valence-corrected chi connectivity index (χ3v) is 6.63. The molecule has 0 fully saturated rings. The monoisotopic (exact) mass is 485 g/mol. The van der Waals surface area contributed by atoms with Crippen LogP contribution in [0.2, 0.25) is 5.02 Å². The zero-order valence-electron chi connectivity index (χ0n) is 17.7. The number of sulfonamides is 1. The molecule has 0 radical (unpaired) electrons. The van der Waals surface area contributed by atoms with Crippen LogP contribution in [-0.4, -0.2) is 32.8 Å². The fourth-order valence-electron chi connectivity index (χ4n) is 3.21. The van der Waals surface area contributed by atoms with E-state index < -0.39 is 16.1 Å². The van der Waals surface area contributed by atoms with E-state index in [0.717, 1.165) is 0 Å². The van der Waals surface area contributed by atoms with Crippen molar-refractivity contribution in [1.82, 2.24) is 14.9 Å². The van der Waals surface area contributed by atoms with Gasteiger partial charge in [0.2, 0.25) is 21.8 Å². The van der Waals surface area contributed by atoms with Crippen molar-refractivity contribution < 1.29 is 22.3 Å². The topological polar surface area (TPSA) is 104 Å². The second-order valence-electron chi connectivity index (χ2n) is 6.90. The summed E-state index contributed by atoms with van der Waals surface area (Å²) in [6, 6.07) is 19.3. The average molecular weight is 486 g/mol. The molecule has 3 aromatic carbocycles. The minimum atomic E-state index is -4.06. The quantitative estimate of drug-likeness (QED) is 0.392. The smallest absolute Gasteiger partial charge is 0.247 e. The highest BCUT2D eigenvalue weighted by molar-refractivity contribution is 7.89. The van der Waals surface area contributed by atoms with Gasteiger partial charge in [0.15, 0.2) is 11.5 Å². The van der Waals surface area contributed by atoms with Gasteiger partial charge in [-0.15, -0.1) is 10.2 Å². The van der Waals surface area contributed by atoms with Crippen LogP contribution in [0.15, 0.2) is 82.1 Å². The van der Waals surface area contributed by atoms with Crippen LogP contribution in [0.1, 0.15) is 17.5 Å². The molecule has 0 spiro atoms. The molecule has 0 saturated carbocycles. The van der Waals surface area contributed by atoms with E-state index in [4.69, 9.17) is 25.5 Å². The molecule has 1 heterocycles. The van der Waals surface area contributed by atoms with Crippen molar-refractivity contribution in [3.8, 4) is 23.0 Å². The maximum Gasteiger partial charge on any atom is 0.247 e. The van der Waals surface area contributed by atoms with Gasteiger partial charge in [-0.2, -0.15) is 4.72 Å². The Balaban J connectivity index is 1.75. The van der Waals surface area contributed by atoms with E-state index in [1.165, 1.54) is 32.4 Å². The third kappa shape index (κ3) is 4.85. The minimum Gasteiger partial charge on any atom is -0.493 e. The lowest BCUT2D eigenvalue weighted by Crippen LogP contribution is -2.30. The molecule has 0 unspecified atom stereocenters. The van der Waals surface area contributed by atoms with E-state index in [2.05, 4.69) is 14.9 Å². The van der Waals surface area contributed by atoms with Gasteiger partial charge in [0.1, 0.15) is 6.04 Å². The molecule has 33 heavy (non-hydrogen) atoms. The predicted octanol–water partition coefficient (Wildman–Crippen LogP) is 4.48. The van der Waals surface area contributed by atoms with Crippen LogP contribution in [-0.2, 0) is 10.0 Å². The number of nitrogens with zero attached hydrogens (tertiary/aromatic N) is 2. The first-order valence-corrected chi connectivity index (χ1v) is 11.7. The van der Waals surface area contributed by atoms with Crippen molar-refractivity contribution in [3.05, 3.63) is 89.3 Å². The Bertz CT molecular complexity index is 1360. The fourth-order valence-corrected chi connectivity index (χ4v) is 4.64. The normalized spacial score (nSPS) is 12.3. The van der Waals surface area contributed by atoms with Crippen LogP contribution < -0.4 is 14.2 Å². The van der Waals surface area contributed by atoms with Crippen LogP contribution in [0.5, 0.6) is 11.5 Å². The van der Waals surface area contributed by atoms with Gasteiger partial charge in [-0.3, -0.25) is 0 Å². The first kappa shape index (κ1) is 22.8. The van der Waals surface area contributed by atoms with Gasteiger partial charge in [-0.05, 0) is 35.9 Å². The number of hydrogen-bond acceptors (Lipinski definition) is 7. The van der Waals surface area contributed by atoms with Crippen LogP contribution in [0.25, 0.3) is 11.5 Å². The molecule has 0 saturated heterocycles. The summed E-state index contributed by atoms with van der Waals surface area (Å²) in [6.45, 7) is 0. The Kier molecular flexibility index (Phi) is 6.64. The number of benzene rings is 3. The molecule has 0 amide bonds. The van der Waals surface area contributed by atoms with Gasteiger partial charge in [0.25, 0.3) is 0 Å². The Morgan fingerprint density at radius 1 is 0.909 bits per heavy atom. The zero-order valence-corrected chi connectivity index (χ0v) is 19.3. The molecule has 1 aromatic heterocycles. The fraction of sp³-hybridized carbons (Fsp3) is 0.130. The molecule has 0 aliphatic carbocycles. The molecule has 10 heteroatoms. The highest BCUT2D eigenvalue weighted by atomic mass is 35.5. The maximum absolute atomic E-state index is 13.3. The number of ether oxygens (including phenoxy) is 2. The summed E-state index contributed by atoms with van der Waals surface area (Å²) in [5.74, 6) is 0.987. The SMILES string of the molecule is COc1ccc(S(=O)(=O)N[C@H](c2nnc(-c3ccccc3)o2)c2ccccc2Cl)cc1OC. The van der Waals surface area contributed by atoms with Crippen molar-refractivity contribution in [2.75, 3.05) is 14.2 Å². The third-order valence-electron chi connectivity index (χ3n) is 4.86. The first-order valence-electron chi connectivity index (χ1n) is 9.80. The number of nitrogens with one attached hydrogen (secondary N) is 1. The van der Waals surface area contributed by atoms with Crippen molar-refractivity contribution in [2.45, 2.75) is 10.9 Å². The number of hydrogen-bond donors (Lipinski definition) is 1. The molecule has 1 atom stereocenters. The number of aromatic nitrogens is 2. The minimum absolute atomic E-state index is 0.0278. The standard InChI is InChI=1S/C23H20ClN3O5S/c1-30-19-13-12-16(14-20(19)31-2)33(28,29)27-21(17-10-6-7-11-18(17)24)23-26-25-22(32-23)15-8-4-3-5-9-15/h3-14,21,27H,1-2H3/t21-/m0/s1. The highest BCUT2D eigenvalue weighted by Gasteiger charge is 2.29. The van der Waals surface area contributed by atoms with Crippen LogP contribution >= 0.6 is 11.6 Å². The van der Waals surface area contributed by atoms with Crippen LogP contribution in [0, 0.1) is 0 Å². The summed E-state index contributed by atoms with van der Waals surface area (Å²) in [5.41, 5.74) is 1.17. The summed E-state index contributed by atoms with van der Waals surface area (Å²) >= 11 is 6.39. The largest absolute Gasteiger partial charge is 0.493 e. The lowest BCUT2D eigenvalue weighted by molar-refractivity contribution is 0.354. The summed E-state index contributed by atoms with van der Waals surface area (Å²) < 4.78 is 45.5. The molecule has 1 N–H and O–H groups in total. The van der Waals surface area contributed by atoms with E-state index in [9.17, 15) is 8.42 Å². The maximum atomic E-state index is 13.3. The molecule has 8 nitrogen and oxygen atoms in total. The Hall–Kier alpha value is -3.40. The van der Waals surface area contributed by atoms with E-state index in [1.807, 2.05) is 30.3 Å². The summed E-state index contributed by atoms with van der Waals surface area (Å²) in [4.78, 5) is -0.0278. The van der Waals surface area contributed by atoms with Crippen molar-refractivity contribution in [1.29, 1.82) is 0 Å². The molecule has 0 aliphatic heterocycles. The first-order chi connectivity index (χ1) is 15.9. The Labute approximate surface area is 196 Å². The van der Waals surface area contributed by atoms with Crippen molar-refractivity contribution in [2.24, 2.45) is 0 Å². The van der Waals surface area contributed by atoms with Gasteiger partial charge in [-0.1, -0.05) is 48.0 Å². The van der Waals surface area contributed by atoms with Gasteiger partial charge in [0.05, 0.1) is 19.1 Å². The molecular formula is C23H20ClN3O5S. The van der Waals surface area contributed by atoms with Crippen LogP contribution in [0.3, 0.4) is 0 Å². The van der Waals surface area contributed by atoms with Gasteiger partial charge < -0.3 is 13.9 Å². The van der Waals surface area contributed by atoms with E-state index in [-0.39, 0.29) is 22.4 Å². The van der Waals surface area contributed by atoms with Crippen molar-refractivity contribution >= 4 is 21.6 Å². The zero-order chi connectivity index (χ0) is 23.4. The van der Waals surface area contributed by atoms with E-state index in [1.54, 1.807) is 24.3 Å². The van der Waals surface area contributed by atoms with Crippen molar-refractivity contribution in [3.63, 3.8) is 0 Å². The Morgan fingerprint density at radius 2 is 1.61 bits per heavy atom. The molecule has 0 aliphatic rings. The predicted molar refractivity (Wildman–Crippen MR) is 123 cm³/mol. The lowest BCUT2D eigenvalue weighted by atomic mass is 10.1. The second kappa shape index (κ2) is 9.62. The van der Waals surface area contributed by atoms with E-state index >= 15 is 0 Å². The number of halogens is 1. The van der Waals surface area contributed by atoms with Crippen LogP contribution in [0.4, 0.5) is 0 Å². The second-order valence-corrected chi connectivity index (χ2v) is 9.03. The van der Waals surface area contributed by atoms with Gasteiger partial charge in [0, 0.05) is 16.7 Å². The molecule has 0 bridgehead atoms. The average Bonchev–Trinajstić information content (AvgIpc) is 3.33. The highest BCUT2D eigenvalue weighted by Crippen LogP contribution is 2.33. The molecule has 170 valence electrons. The Morgan fingerprint density at radius 3 is 2.30 bits per heavy atom. The summed E-state index contributed by atoms with van der Waals surface area (Å²) in [5, 5.41) is 8.53. The lowest BCUT2D eigenvalue weighted by Gasteiger charge is -2.18. The molecule has 4 rings (SSSR count).